The maximum absolute atomic E-state index is 12.4. The molecule has 2 amide bonds. The van der Waals surface area contributed by atoms with E-state index in [0.29, 0.717) is 0 Å². The minimum atomic E-state index is -3.02. The van der Waals surface area contributed by atoms with Gasteiger partial charge in [0.2, 0.25) is 0 Å². The van der Waals surface area contributed by atoms with Crippen LogP contribution >= 0.6 is 31.9 Å². The van der Waals surface area contributed by atoms with Crippen molar-refractivity contribution in [3.8, 4) is 11.4 Å². The van der Waals surface area contributed by atoms with Crippen molar-refractivity contribution < 1.29 is 23.1 Å². The van der Waals surface area contributed by atoms with E-state index in [2.05, 4.69) is 41.9 Å². The molecule has 0 spiro atoms. The lowest BCUT2D eigenvalue weighted by atomic mass is 10.1. The van der Waals surface area contributed by atoms with Crippen LogP contribution in [0, 0.1) is 0 Å². The number of nitrogens with zero attached hydrogens (tertiary/aromatic N) is 1. The number of hydrogen-bond acceptors (Lipinski definition) is 5. The maximum Gasteiger partial charge on any atom is 0.387 e. The highest BCUT2D eigenvalue weighted by molar-refractivity contribution is 9.11. The number of anilines is 1. The normalized spacial score (nSPS) is 13.2. The number of nitrogens with two attached hydrogens (primary N) is 1. The lowest BCUT2D eigenvalue weighted by molar-refractivity contribution is -0.0499. The van der Waals surface area contributed by atoms with Crippen molar-refractivity contribution in [2.24, 2.45) is 0 Å². The summed E-state index contributed by atoms with van der Waals surface area (Å²) in [6.07, 6.45) is 0. The summed E-state index contributed by atoms with van der Waals surface area (Å²) in [4.78, 5) is 36.0. The van der Waals surface area contributed by atoms with E-state index in [1.54, 1.807) is 0 Å². The molecule has 0 saturated heterocycles. The number of carbonyl (C=O) groups is 2. The highest BCUT2D eigenvalue weighted by atomic mass is 79.9. The molecule has 25 heavy (non-hydrogen) atoms. The smallest absolute Gasteiger partial charge is 0.387 e. The zero-order valence-corrected chi connectivity index (χ0v) is 15.2. The number of pyridine rings is 1. The van der Waals surface area contributed by atoms with Crippen LogP contribution in [0.2, 0.25) is 0 Å². The Kier molecular flexibility index (Phi) is 4.37. The number of benzene rings is 1. The summed E-state index contributed by atoms with van der Waals surface area (Å²) in [5.41, 5.74) is 5.18. The van der Waals surface area contributed by atoms with Crippen LogP contribution in [0.15, 0.2) is 31.9 Å². The summed E-state index contributed by atoms with van der Waals surface area (Å²) in [7, 11) is 0. The van der Waals surface area contributed by atoms with Crippen molar-refractivity contribution in [2.45, 2.75) is 6.61 Å². The fraction of sp³-hybridized carbons (Fsp3) is 0.0714. The van der Waals surface area contributed by atoms with Gasteiger partial charge in [0.15, 0.2) is 0 Å². The number of carbonyl (C=O) groups excluding carboxylic acids is 2. The van der Waals surface area contributed by atoms with Gasteiger partial charge in [-0.05, 0) is 44.0 Å². The second kappa shape index (κ2) is 6.23. The number of nitrogen functional groups attached to an aromatic ring is 1. The van der Waals surface area contributed by atoms with Crippen LogP contribution in [0.1, 0.15) is 20.7 Å². The second-order valence-corrected chi connectivity index (χ2v) is 6.60. The number of fused-ring (bicyclic) bond motifs is 1. The lowest BCUT2D eigenvalue weighted by Crippen LogP contribution is -2.24. The van der Waals surface area contributed by atoms with E-state index in [1.165, 1.54) is 12.1 Å². The number of alkyl halides is 2. The van der Waals surface area contributed by atoms with E-state index in [9.17, 15) is 23.2 Å². The monoisotopic (exact) mass is 477 g/mol. The van der Waals surface area contributed by atoms with Gasteiger partial charge in [0, 0.05) is 15.0 Å². The zero-order valence-electron chi connectivity index (χ0n) is 12.0. The number of imide groups is 1. The number of hydrogen-bond donors (Lipinski definition) is 2. The molecule has 2 aromatic rings. The van der Waals surface area contributed by atoms with E-state index in [4.69, 9.17) is 5.73 Å². The second-order valence-electron chi connectivity index (χ2n) is 4.89. The van der Waals surface area contributed by atoms with Crippen molar-refractivity contribution in [1.82, 2.24) is 9.88 Å². The van der Waals surface area contributed by atoms with E-state index in [1.807, 2.05) is 0 Å². The molecule has 7 nitrogen and oxygen atoms in total. The quantitative estimate of drug-likeness (QED) is 0.659. The Hall–Kier alpha value is -2.27. The summed E-state index contributed by atoms with van der Waals surface area (Å²) in [5, 5.41) is 2.05. The van der Waals surface area contributed by atoms with Crippen LogP contribution in [0.3, 0.4) is 0 Å². The maximum atomic E-state index is 12.4. The molecule has 0 saturated carbocycles. The van der Waals surface area contributed by atoms with Crippen molar-refractivity contribution in [3.05, 3.63) is 48.6 Å². The molecule has 2 heterocycles. The first kappa shape index (κ1) is 17.5. The van der Waals surface area contributed by atoms with Crippen molar-refractivity contribution in [3.63, 3.8) is 0 Å². The molecule has 1 aromatic heterocycles. The Morgan fingerprint density at radius 2 is 1.68 bits per heavy atom. The van der Waals surface area contributed by atoms with Gasteiger partial charge in [-0.3, -0.25) is 24.3 Å². The Morgan fingerprint density at radius 1 is 1.08 bits per heavy atom. The molecule has 0 unspecified atom stereocenters. The summed E-state index contributed by atoms with van der Waals surface area (Å²) in [6, 6.07) is 3.42. The van der Waals surface area contributed by atoms with E-state index >= 15 is 0 Å². The summed E-state index contributed by atoms with van der Waals surface area (Å²) < 4.78 is 30.4. The molecule has 3 rings (SSSR count). The minimum absolute atomic E-state index is 0.117. The van der Waals surface area contributed by atoms with Crippen LogP contribution in [0.5, 0.6) is 5.75 Å². The molecule has 0 atom stereocenters. The van der Waals surface area contributed by atoms with Crippen molar-refractivity contribution in [1.29, 1.82) is 0 Å². The highest BCUT2D eigenvalue weighted by Crippen LogP contribution is 2.36. The van der Waals surface area contributed by atoms with Gasteiger partial charge in [-0.1, -0.05) is 0 Å². The molecule has 11 heteroatoms. The first-order valence-corrected chi connectivity index (χ1v) is 8.14. The van der Waals surface area contributed by atoms with Gasteiger partial charge < -0.3 is 10.5 Å². The van der Waals surface area contributed by atoms with Crippen LogP contribution in [-0.2, 0) is 0 Å². The Morgan fingerprint density at radius 3 is 2.24 bits per heavy atom. The molecule has 1 aliphatic heterocycles. The predicted molar refractivity (Wildman–Crippen MR) is 90.3 cm³/mol. The minimum Gasteiger partial charge on any atom is -0.435 e. The topological polar surface area (TPSA) is 103 Å². The SMILES string of the molecule is Nc1c2c(cc(=O)n1-c1c(Br)cc(OC(F)F)cc1Br)C(=O)NC2=O. The highest BCUT2D eigenvalue weighted by Gasteiger charge is 2.32. The van der Waals surface area contributed by atoms with E-state index in [0.717, 1.165) is 10.6 Å². The summed E-state index contributed by atoms with van der Waals surface area (Å²) >= 11 is 6.33. The van der Waals surface area contributed by atoms with Gasteiger partial charge in [-0.2, -0.15) is 8.78 Å². The van der Waals surface area contributed by atoms with Crippen molar-refractivity contribution in [2.75, 3.05) is 5.73 Å². The molecule has 1 aliphatic rings. The van der Waals surface area contributed by atoms with E-state index in [-0.39, 0.29) is 37.3 Å². The molecule has 1 aromatic carbocycles. The van der Waals surface area contributed by atoms with Gasteiger partial charge in [0.05, 0.1) is 16.8 Å². The molecular formula is C14H7Br2F2N3O4. The molecule has 3 N–H and O–H groups in total. The van der Waals surface area contributed by atoms with Crippen LogP contribution in [0.4, 0.5) is 14.6 Å². The largest absolute Gasteiger partial charge is 0.435 e. The number of aromatic nitrogens is 1. The Balaban J connectivity index is 2.25. The standard InChI is InChI=1S/C14H7Br2F2N3O4/c15-6-1-4(25-14(17)18)2-7(16)10(6)21-8(22)3-5-9(11(21)19)13(24)20-12(5)23/h1-3,14H,19H2,(H,20,23,24). The van der Waals surface area contributed by atoms with Crippen molar-refractivity contribution >= 4 is 49.5 Å². The van der Waals surface area contributed by atoms with Gasteiger partial charge in [0.1, 0.15) is 11.6 Å². The number of ether oxygens (including phenoxy) is 1. The number of nitrogens with one attached hydrogen (secondary N) is 1. The number of rotatable bonds is 3. The number of amides is 2. The average Bonchev–Trinajstić information content (AvgIpc) is 2.75. The fourth-order valence-corrected chi connectivity index (χ4v) is 3.94. The Labute approximate surface area is 155 Å². The summed E-state index contributed by atoms with van der Waals surface area (Å²) in [6.45, 7) is -3.02. The first-order valence-electron chi connectivity index (χ1n) is 6.56. The average molecular weight is 479 g/mol. The molecule has 0 aliphatic carbocycles. The molecule has 0 bridgehead atoms. The first-order chi connectivity index (χ1) is 11.7. The van der Waals surface area contributed by atoms with Gasteiger partial charge in [-0.15, -0.1) is 0 Å². The van der Waals surface area contributed by atoms with Crippen LogP contribution in [0.25, 0.3) is 5.69 Å². The van der Waals surface area contributed by atoms with Crippen LogP contribution in [-0.4, -0.2) is 23.0 Å². The van der Waals surface area contributed by atoms with Gasteiger partial charge in [0.25, 0.3) is 17.4 Å². The van der Waals surface area contributed by atoms with Gasteiger partial charge >= 0.3 is 6.61 Å². The zero-order chi connectivity index (χ0) is 18.5. The van der Waals surface area contributed by atoms with Crippen LogP contribution < -0.4 is 21.3 Å². The molecule has 130 valence electrons. The van der Waals surface area contributed by atoms with E-state index < -0.39 is 24.0 Å². The predicted octanol–water partition coefficient (Wildman–Crippen LogP) is 2.43. The number of halogens is 4. The molecular weight excluding hydrogens is 472 g/mol. The third-order valence-electron chi connectivity index (χ3n) is 3.39. The molecule has 0 radical (unpaired) electrons. The third-order valence-corrected chi connectivity index (χ3v) is 4.60. The summed E-state index contributed by atoms with van der Waals surface area (Å²) in [5.74, 6) is -1.85. The fourth-order valence-electron chi connectivity index (χ4n) is 2.44. The van der Waals surface area contributed by atoms with Gasteiger partial charge in [-0.25, -0.2) is 0 Å². The lowest BCUT2D eigenvalue weighted by Gasteiger charge is -2.16. The third kappa shape index (κ3) is 2.93. The Bertz CT molecular complexity index is 968. The molecule has 0 fully saturated rings.